The number of aromatic nitrogens is 6. The predicted octanol–water partition coefficient (Wildman–Crippen LogP) is -1.77. The van der Waals surface area contributed by atoms with Crippen LogP contribution in [0, 0.1) is 0 Å². The van der Waals surface area contributed by atoms with Crippen molar-refractivity contribution in [3.63, 3.8) is 0 Å². The van der Waals surface area contributed by atoms with Crippen molar-refractivity contribution in [2.75, 3.05) is 18.4 Å². The highest BCUT2D eigenvalue weighted by atomic mass is 16.3. The van der Waals surface area contributed by atoms with E-state index in [4.69, 9.17) is 0 Å². The van der Waals surface area contributed by atoms with Gasteiger partial charge in [-0.15, -0.1) is 0 Å². The van der Waals surface area contributed by atoms with Gasteiger partial charge in [0.15, 0.2) is 5.65 Å². The van der Waals surface area contributed by atoms with Crippen molar-refractivity contribution in [2.45, 2.75) is 31.3 Å². The Bertz CT molecular complexity index is 1160. The number of aromatic hydroxyl groups is 1. The monoisotopic (exact) mass is 369 g/mol. The van der Waals surface area contributed by atoms with Gasteiger partial charge in [-0.2, -0.15) is 19.6 Å². The summed E-state index contributed by atoms with van der Waals surface area (Å²) in [7, 11) is 0. The van der Waals surface area contributed by atoms with Crippen molar-refractivity contribution >= 4 is 17.7 Å². The first-order valence-corrected chi connectivity index (χ1v) is 8.95. The fraction of sp³-hybridized carbons (Fsp3) is 0.438. The molecule has 4 heterocycles. The molecule has 3 aromatic heterocycles. The Kier molecular flexibility index (Phi) is 3.67. The maximum Gasteiger partial charge on any atom is 0.326 e. The van der Waals surface area contributed by atoms with E-state index in [0.29, 0.717) is 22.4 Å². The number of imidazole rings is 1. The Hall–Kier alpha value is -3.21. The zero-order chi connectivity index (χ0) is 18.4. The van der Waals surface area contributed by atoms with Gasteiger partial charge in [0.05, 0.1) is 12.2 Å². The van der Waals surface area contributed by atoms with E-state index in [9.17, 15) is 9.90 Å². The van der Waals surface area contributed by atoms with Crippen LogP contribution in [0.5, 0.6) is 5.88 Å². The number of hydrogen-bond acceptors (Lipinski definition) is 8. The molecule has 0 bridgehead atoms. The average Bonchev–Trinajstić information content (AvgIpc) is 3.01. The molecule has 0 spiro atoms. The van der Waals surface area contributed by atoms with Gasteiger partial charge in [-0.25, -0.2) is 9.79 Å². The molecular formula is C16H19N9O2. The number of fused-ring (bicyclic) bond motifs is 1. The van der Waals surface area contributed by atoms with E-state index in [1.54, 1.807) is 16.8 Å². The van der Waals surface area contributed by atoms with E-state index < -0.39 is 5.69 Å². The molecule has 11 heteroatoms. The van der Waals surface area contributed by atoms with Crippen LogP contribution in [0.4, 0.5) is 5.95 Å². The number of rotatable bonds is 4. The molecule has 5 N–H and O–H groups in total. The molecular weight excluding hydrogens is 350 g/mol. The number of H-pyrrole nitrogens is 2. The third-order valence-electron chi connectivity index (χ3n) is 4.65. The number of nitrogens with zero attached hydrogens (tertiary/aromatic N) is 5. The Balaban J connectivity index is 1.66. The van der Waals surface area contributed by atoms with Crippen LogP contribution in [-0.2, 0) is 0 Å². The molecule has 2 aliphatic rings. The van der Waals surface area contributed by atoms with Gasteiger partial charge in [-0.1, -0.05) is 0 Å². The Morgan fingerprint density at radius 2 is 2.19 bits per heavy atom. The Labute approximate surface area is 152 Å². The normalized spacial score (nSPS) is 21.4. The molecule has 0 amide bonds. The van der Waals surface area contributed by atoms with E-state index >= 15 is 0 Å². The number of anilines is 1. The highest BCUT2D eigenvalue weighted by Gasteiger charge is 2.21. The summed E-state index contributed by atoms with van der Waals surface area (Å²) < 4.78 is 1.59. The van der Waals surface area contributed by atoms with Gasteiger partial charge >= 0.3 is 5.69 Å². The number of aromatic amines is 2. The summed E-state index contributed by atoms with van der Waals surface area (Å²) in [5.74, 6) is 0.268. The maximum absolute atomic E-state index is 11.4. The SMILES string of the molecule is O=c1[nH]c(O)c(C=c2cnn3c(=NC4CC4)nc(NC4CCNC4)nc23)[nH]1. The van der Waals surface area contributed by atoms with Gasteiger partial charge in [0.1, 0.15) is 5.69 Å². The molecule has 0 radical (unpaired) electrons. The lowest BCUT2D eigenvalue weighted by Gasteiger charge is -2.10. The van der Waals surface area contributed by atoms with Gasteiger partial charge in [0.25, 0.3) is 5.62 Å². The summed E-state index contributed by atoms with van der Waals surface area (Å²) in [5, 5.41) is 21.5. The fourth-order valence-electron chi connectivity index (χ4n) is 3.11. The summed E-state index contributed by atoms with van der Waals surface area (Å²) in [6, 6.07) is 0.549. The molecule has 1 aliphatic heterocycles. The van der Waals surface area contributed by atoms with Gasteiger partial charge in [0.2, 0.25) is 11.8 Å². The number of nitrogens with one attached hydrogen (secondary N) is 4. The summed E-state index contributed by atoms with van der Waals surface area (Å²) in [6.07, 6.45) is 6.34. The van der Waals surface area contributed by atoms with Gasteiger partial charge in [-0.05, 0) is 31.9 Å². The fourth-order valence-corrected chi connectivity index (χ4v) is 3.11. The third kappa shape index (κ3) is 3.16. The van der Waals surface area contributed by atoms with Crippen LogP contribution in [0.15, 0.2) is 16.0 Å². The highest BCUT2D eigenvalue weighted by Crippen LogP contribution is 2.22. The van der Waals surface area contributed by atoms with Gasteiger partial charge in [-0.3, -0.25) is 4.98 Å². The quantitative estimate of drug-likeness (QED) is 0.365. The van der Waals surface area contributed by atoms with Crippen LogP contribution in [0.1, 0.15) is 25.0 Å². The van der Waals surface area contributed by atoms with E-state index in [1.807, 2.05) is 0 Å². The first-order valence-electron chi connectivity index (χ1n) is 8.95. The summed E-state index contributed by atoms with van der Waals surface area (Å²) in [4.78, 5) is 30.0. The minimum atomic E-state index is -0.481. The molecule has 1 aliphatic carbocycles. The standard InChI is InChI=1S/C16H19N9O2/c26-13-11(21-16(27)23-13)5-8-6-18-25-12(8)22-14(19-10-3-4-17-7-10)24-15(25)20-9-1-2-9/h5-6,9-10,17,26H,1-4,7H2,(H,19,20,24)(H2,21,23,27). The Morgan fingerprint density at radius 3 is 2.89 bits per heavy atom. The van der Waals surface area contributed by atoms with Crippen LogP contribution in [0.3, 0.4) is 0 Å². The zero-order valence-corrected chi connectivity index (χ0v) is 14.4. The first-order chi connectivity index (χ1) is 13.2. The molecule has 140 valence electrons. The lowest BCUT2D eigenvalue weighted by molar-refractivity contribution is 0.454. The maximum atomic E-state index is 11.4. The van der Waals surface area contributed by atoms with Crippen molar-refractivity contribution in [3.05, 3.63) is 33.2 Å². The topological polar surface area (TPSA) is 148 Å². The summed E-state index contributed by atoms with van der Waals surface area (Å²) >= 11 is 0. The molecule has 0 aromatic carbocycles. The third-order valence-corrected chi connectivity index (χ3v) is 4.65. The predicted molar refractivity (Wildman–Crippen MR) is 96.1 cm³/mol. The van der Waals surface area contributed by atoms with Crippen molar-refractivity contribution in [1.82, 2.24) is 34.9 Å². The minimum absolute atomic E-state index is 0.230. The largest absolute Gasteiger partial charge is 0.493 e. The van der Waals surface area contributed by atoms with E-state index in [1.165, 1.54) is 0 Å². The molecule has 1 saturated heterocycles. The van der Waals surface area contributed by atoms with Crippen LogP contribution in [-0.4, -0.2) is 59.8 Å². The van der Waals surface area contributed by atoms with Crippen molar-refractivity contribution in [1.29, 1.82) is 0 Å². The second kappa shape index (κ2) is 6.20. The Morgan fingerprint density at radius 1 is 1.30 bits per heavy atom. The molecule has 1 atom stereocenters. The van der Waals surface area contributed by atoms with Crippen LogP contribution in [0.25, 0.3) is 11.7 Å². The van der Waals surface area contributed by atoms with Crippen LogP contribution in [0.2, 0.25) is 0 Å². The molecule has 1 unspecified atom stereocenters. The van der Waals surface area contributed by atoms with Gasteiger partial charge in [0, 0.05) is 17.8 Å². The second-order valence-electron chi connectivity index (χ2n) is 6.86. The molecule has 27 heavy (non-hydrogen) atoms. The van der Waals surface area contributed by atoms with Crippen molar-refractivity contribution in [2.24, 2.45) is 4.99 Å². The van der Waals surface area contributed by atoms with Crippen LogP contribution < -0.4 is 27.2 Å². The lowest BCUT2D eigenvalue weighted by atomic mass is 10.3. The zero-order valence-electron chi connectivity index (χ0n) is 14.4. The molecule has 1 saturated carbocycles. The number of hydrogen-bond donors (Lipinski definition) is 5. The molecule has 5 rings (SSSR count). The average molecular weight is 369 g/mol. The smallest absolute Gasteiger partial charge is 0.326 e. The van der Waals surface area contributed by atoms with Crippen molar-refractivity contribution < 1.29 is 5.11 Å². The first kappa shape index (κ1) is 16.0. The van der Waals surface area contributed by atoms with Crippen molar-refractivity contribution in [3.8, 4) is 5.88 Å². The van der Waals surface area contributed by atoms with Gasteiger partial charge < -0.3 is 20.7 Å². The summed E-state index contributed by atoms with van der Waals surface area (Å²) in [6.45, 7) is 1.82. The molecule has 3 aromatic rings. The summed E-state index contributed by atoms with van der Waals surface area (Å²) in [5.41, 5.74) is 0.843. The van der Waals surface area contributed by atoms with E-state index in [-0.39, 0.29) is 23.7 Å². The minimum Gasteiger partial charge on any atom is -0.493 e. The van der Waals surface area contributed by atoms with E-state index in [2.05, 4.69) is 40.7 Å². The van der Waals surface area contributed by atoms with Crippen LogP contribution >= 0.6 is 0 Å². The second-order valence-corrected chi connectivity index (χ2v) is 6.86. The molecule has 2 fully saturated rings. The highest BCUT2D eigenvalue weighted by molar-refractivity contribution is 5.57. The van der Waals surface area contributed by atoms with E-state index in [0.717, 1.165) is 32.4 Å². The molecule has 11 nitrogen and oxygen atoms in total. The lowest BCUT2D eigenvalue weighted by Crippen LogP contribution is -2.29.